The third-order valence-electron chi connectivity index (χ3n) is 4.53. The molecule has 0 aliphatic heterocycles. The molecule has 2 aromatic rings. The molecule has 27 heavy (non-hydrogen) atoms. The number of nitrogen functional groups attached to an aromatic ring is 1. The Morgan fingerprint density at radius 1 is 1.37 bits per heavy atom. The summed E-state index contributed by atoms with van der Waals surface area (Å²) in [7, 11) is -4.35. The number of carbonyl (C=O) groups excluding carboxylic acids is 1. The molecule has 4 atom stereocenters. The molecule has 1 fully saturated rings. The number of nitrogens with two attached hydrogens (primary N) is 2. The molecule has 0 saturated heterocycles. The van der Waals surface area contributed by atoms with Crippen molar-refractivity contribution < 1.29 is 27.6 Å². The third-order valence-corrected chi connectivity index (χ3v) is 5.45. The molecule has 0 radical (unpaired) electrons. The van der Waals surface area contributed by atoms with Gasteiger partial charge in [-0.15, -0.1) is 0 Å². The van der Waals surface area contributed by atoms with Gasteiger partial charge in [0, 0.05) is 12.1 Å². The number of nitrogens with one attached hydrogen (secondary N) is 1. The first-order valence-electron chi connectivity index (χ1n) is 8.06. The molecular formula is C14H20N6O6S. The lowest BCUT2D eigenvalue weighted by molar-refractivity contribution is -0.118. The first-order valence-corrected chi connectivity index (χ1v) is 9.47. The zero-order valence-corrected chi connectivity index (χ0v) is 14.9. The first-order chi connectivity index (χ1) is 12.7. The van der Waals surface area contributed by atoms with Crippen LogP contribution in [-0.2, 0) is 19.3 Å². The van der Waals surface area contributed by atoms with E-state index in [1.165, 1.54) is 6.33 Å². The molecule has 7 N–H and O–H groups in total. The van der Waals surface area contributed by atoms with E-state index in [0.29, 0.717) is 11.0 Å². The topological polar surface area (TPSA) is 196 Å². The van der Waals surface area contributed by atoms with Crippen molar-refractivity contribution in [2.24, 2.45) is 11.7 Å². The summed E-state index contributed by atoms with van der Waals surface area (Å²) in [5.41, 5.74) is 11.3. The van der Waals surface area contributed by atoms with Crippen LogP contribution in [0.15, 0.2) is 18.6 Å². The maximum absolute atomic E-state index is 11.7. The Labute approximate surface area is 154 Å². The van der Waals surface area contributed by atoms with Gasteiger partial charge < -0.3 is 26.2 Å². The van der Waals surface area contributed by atoms with Crippen LogP contribution in [-0.4, -0.2) is 64.4 Å². The molecule has 0 spiro atoms. The van der Waals surface area contributed by atoms with Crippen LogP contribution in [0.2, 0.25) is 0 Å². The van der Waals surface area contributed by atoms with E-state index < -0.39 is 53.5 Å². The van der Waals surface area contributed by atoms with Crippen LogP contribution in [0.5, 0.6) is 0 Å². The molecule has 0 aromatic carbocycles. The third kappa shape index (κ3) is 3.86. The summed E-state index contributed by atoms with van der Waals surface area (Å²) >= 11 is 0. The van der Waals surface area contributed by atoms with Crippen LogP contribution in [0, 0.1) is 5.92 Å². The quantitative estimate of drug-likeness (QED) is 0.349. The van der Waals surface area contributed by atoms with Crippen LogP contribution >= 0.6 is 0 Å². The van der Waals surface area contributed by atoms with Crippen molar-refractivity contribution in [3.63, 3.8) is 0 Å². The van der Waals surface area contributed by atoms with Crippen molar-refractivity contribution in [2.45, 2.75) is 24.7 Å². The van der Waals surface area contributed by atoms with Crippen LogP contribution < -0.4 is 16.2 Å². The van der Waals surface area contributed by atoms with Crippen molar-refractivity contribution in [3.05, 3.63) is 18.6 Å². The molecule has 2 aromatic heterocycles. The smallest absolute Gasteiger partial charge is 0.362 e. The van der Waals surface area contributed by atoms with E-state index in [1.807, 2.05) is 0 Å². The van der Waals surface area contributed by atoms with Gasteiger partial charge in [-0.25, -0.2) is 14.7 Å². The van der Waals surface area contributed by atoms with E-state index in [4.69, 9.17) is 15.7 Å². The van der Waals surface area contributed by atoms with Gasteiger partial charge in [-0.1, -0.05) is 0 Å². The second-order valence-electron chi connectivity index (χ2n) is 6.23. The molecule has 1 aliphatic carbocycles. The maximum Gasteiger partial charge on any atom is 0.362 e. The highest BCUT2D eigenvalue weighted by Crippen LogP contribution is 2.37. The molecule has 12 nitrogen and oxygen atoms in total. The molecule has 1 aliphatic rings. The Balaban J connectivity index is 1.74. The zero-order chi connectivity index (χ0) is 19.8. The molecule has 1 unspecified atom stereocenters. The van der Waals surface area contributed by atoms with Crippen LogP contribution in [0.3, 0.4) is 0 Å². The van der Waals surface area contributed by atoms with Crippen molar-refractivity contribution >= 4 is 33.1 Å². The summed E-state index contributed by atoms with van der Waals surface area (Å²) in [6.45, 7) is -0.931. The average Bonchev–Trinajstić information content (AvgIpc) is 3.16. The van der Waals surface area contributed by atoms with Gasteiger partial charge in [0.15, 0.2) is 0 Å². The minimum absolute atomic E-state index is 0.219. The van der Waals surface area contributed by atoms with Gasteiger partial charge in [0.25, 0.3) is 0 Å². The Morgan fingerprint density at radius 3 is 2.81 bits per heavy atom. The molecule has 13 heteroatoms. The number of aliphatic hydroxyl groups excluding tert-OH is 2. The lowest BCUT2D eigenvalue weighted by atomic mass is 10.1. The summed E-state index contributed by atoms with van der Waals surface area (Å²) < 4.78 is 31.4. The Bertz CT molecular complexity index is 947. The van der Waals surface area contributed by atoms with Gasteiger partial charge >= 0.3 is 10.3 Å². The van der Waals surface area contributed by atoms with E-state index >= 15 is 0 Å². The average molecular weight is 400 g/mol. The molecule has 1 saturated carbocycles. The number of aliphatic hydroxyl groups is 2. The van der Waals surface area contributed by atoms with Crippen molar-refractivity contribution in [2.75, 3.05) is 18.9 Å². The van der Waals surface area contributed by atoms with E-state index in [2.05, 4.69) is 9.97 Å². The predicted octanol–water partition coefficient (Wildman–Crippen LogP) is -2.37. The largest absolute Gasteiger partial charge is 0.390 e. The number of fused-ring (bicyclic) bond motifs is 1. The molecular weight excluding hydrogens is 380 g/mol. The predicted molar refractivity (Wildman–Crippen MR) is 93.2 cm³/mol. The van der Waals surface area contributed by atoms with Gasteiger partial charge in [0.2, 0.25) is 5.91 Å². The van der Waals surface area contributed by atoms with E-state index in [0.717, 1.165) is 0 Å². The van der Waals surface area contributed by atoms with Crippen LogP contribution in [0.4, 0.5) is 5.82 Å². The number of amides is 1. The molecule has 148 valence electrons. The van der Waals surface area contributed by atoms with Gasteiger partial charge in [0.1, 0.15) is 23.9 Å². The fourth-order valence-electron chi connectivity index (χ4n) is 3.19. The minimum atomic E-state index is -4.35. The second-order valence-corrected chi connectivity index (χ2v) is 7.58. The van der Waals surface area contributed by atoms with Crippen LogP contribution in [0.1, 0.15) is 12.5 Å². The second kappa shape index (κ2) is 7.36. The highest BCUT2D eigenvalue weighted by atomic mass is 32.2. The Kier molecular flexibility index (Phi) is 5.30. The van der Waals surface area contributed by atoms with E-state index in [-0.39, 0.29) is 12.2 Å². The molecule has 0 bridgehead atoms. The highest BCUT2D eigenvalue weighted by molar-refractivity contribution is 7.85. The lowest BCUT2D eigenvalue weighted by Gasteiger charge is -2.19. The fourth-order valence-corrected chi connectivity index (χ4v) is 3.96. The Morgan fingerprint density at radius 2 is 2.11 bits per heavy atom. The minimum Gasteiger partial charge on any atom is -0.390 e. The van der Waals surface area contributed by atoms with Gasteiger partial charge in [0.05, 0.1) is 30.7 Å². The normalized spacial score (nSPS) is 25.7. The molecule has 3 rings (SSSR count). The molecule has 2 heterocycles. The molecule has 1 amide bonds. The van der Waals surface area contributed by atoms with Crippen molar-refractivity contribution in [1.29, 1.82) is 0 Å². The summed E-state index contributed by atoms with van der Waals surface area (Å²) in [5.74, 6) is -1.32. The van der Waals surface area contributed by atoms with E-state index in [9.17, 15) is 23.4 Å². The fraction of sp³-hybridized carbons (Fsp3) is 0.500. The number of aromatic nitrogens is 3. The number of hydrogen-bond acceptors (Lipinski definition) is 10. The summed E-state index contributed by atoms with van der Waals surface area (Å²) in [5, 5.41) is 21.3. The van der Waals surface area contributed by atoms with Gasteiger partial charge in [-0.3, -0.25) is 8.98 Å². The standard InChI is InChI=1S/C14H20N6O6S/c15-4-10(21)19-27(24,25)26-5-7-3-9(12(23)11(7)22)20-2-1-8-13(16)17-6-18-14(8)20/h1-2,6-7,9,11-12,22-23H,3-5,15H2,(H,19,21)(H2,16,17,18)/t7-,9-,11?,12-/m1/s1. The summed E-state index contributed by atoms with van der Waals surface area (Å²) in [4.78, 5) is 19.1. The first kappa shape index (κ1) is 19.4. The zero-order valence-electron chi connectivity index (χ0n) is 14.1. The van der Waals surface area contributed by atoms with Crippen molar-refractivity contribution in [1.82, 2.24) is 19.3 Å². The number of hydrogen-bond donors (Lipinski definition) is 5. The maximum atomic E-state index is 11.7. The van der Waals surface area contributed by atoms with Gasteiger partial charge in [-0.2, -0.15) is 8.42 Å². The van der Waals surface area contributed by atoms with Crippen molar-refractivity contribution in [3.8, 4) is 0 Å². The summed E-state index contributed by atoms with van der Waals surface area (Å²) in [6, 6.07) is 1.13. The Hall–Kier alpha value is -2.32. The number of rotatable bonds is 6. The highest BCUT2D eigenvalue weighted by Gasteiger charge is 2.43. The monoisotopic (exact) mass is 400 g/mol. The van der Waals surface area contributed by atoms with Gasteiger partial charge in [-0.05, 0) is 12.5 Å². The lowest BCUT2D eigenvalue weighted by Crippen LogP contribution is -2.38. The number of anilines is 1. The number of carbonyl (C=O) groups is 1. The van der Waals surface area contributed by atoms with Crippen LogP contribution in [0.25, 0.3) is 11.0 Å². The summed E-state index contributed by atoms with van der Waals surface area (Å²) in [6.07, 6.45) is 0.770. The van der Waals surface area contributed by atoms with E-state index in [1.54, 1.807) is 21.6 Å². The number of nitrogens with zero attached hydrogens (tertiary/aromatic N) is 3. The SMILES string of the molecule is NCC(=O)NS(=O)(=O)OC[C@H]1C[C@@H](n2ccc3c(N)ncnc32)[C@@H](O)C1O.